The first kappa shape index (κ1) is 15.9. The molecule has 1 N–H and O–H groups in total. The molecular formula is C13H22N2O3S. The lowest BCUT2D eigenvalue weighted by atomic mass is 10.2. The monoisotopic (exact) mass is 286 g/mol. The van der Waals surface area contributed by atoms with E-state index in [1.165, 1.54) is 4.31 Å². The van der Waals surface area contributed by atoms with E-state index in [-0.39, 0.29) is 5.75 Å². The number of nitrogens with zero attached hydrogens (tertiary/aromatic N) is 1. The van der Waals surface area contributed by atoms with Crippen molar-refractivity contribution in [1.29, 1.82) is 0 Å². The molecule has 0 saturated carbocycles. The van der Waals surface area contributed by atoms with Crippen LogP contribution in [-0.2, 0) is 16.6 Å². The Morgan fingerprint density at radius 2 is 2.00 bits per heavy atom. The van der Waals surface area contributed by atoms with Gasteiger partial charge in [0, 0.05) is 19.2 Å². The van der Waals surface area contributed by atoms with Gasteiger partial charge in [-0.2, -0.15) is 0 Å². The molecule has 0 spiro atoms. The van der Waals surface area contributed by atoms with Crippen LogP contribution in [0.2, 0.25) is 0 Å². The van der Waals surface area contributed by atoms with Crippen molar-refractivity contribution in [2.75, 3.05) is 33.5 Å². The zero-order chi connectivity index (χ0) is 14.3. The third-order valence-electron chi connectivity index (χ3n) is 2.89. The van der Waals surface area contributed by atoms with Gasteiger partial charge in [-0.15, -0.1) is 0 Å². The topological polar surface area (TPSA) is 58.6 Å². The smallest absolute Gasteiger partial charge is 0.214 e. The molecule has 1 aromatic carbocycles. The Labute approximate surface area is 115 Å². The third kappa shape index (κ3) is 4.81. The fraction of sp³-hybridized carbons (Fsp3) is 0.538. The first-order valence-corrected chi connectivity index (χ1v) is 7.82. The second kappa shape index (κ2) is 7.47. The number of para-hydroxylation sites is 1. The molecular weight excluding hydrogens is 264 g/mol. The number of methoxy groups -OCH3 is 1. The SMILES string of the molecule is CNCCCS(=O)(=O)N(C)Cc1ccccc1OC. The molecule has 1 aromatic rings. The number of sulfonamides is 1. The summed E-state index contributed by atoms with van der Waals surface area (Å²) in [5.41, 5.74) is 0.865. The molecule has 0 amide bonds. The fourth-order valence-electron chi connectivity index (χ4n) is 1.76. The number of benzene rings is 1. The number of nitrogens with one attached hydrogen (secondary N) is 1. The maximum absolute atomic E-state index is 12.1. The number of hydrogen-bond donors (Lipinski definition) is 1. The highest BCUT2D eigenvalue weighted by Crippen LogP contribution is 2.19. The molecule has 0 bridgehead atoms. The van der Waals surface area contributed by atoms with E-state index in [0.29, 0.717) is 25.3 Å². The molecule has 0 unspecified atom stereocenters. The quantitative estimate of drug-likeness (QED) is 0.726. The Kier molecular flexibility index (Phi) is 6.27. The molecule has 5 nitrogen and oxygen atoms in total. The van der Waals surface area contributed by atoms with E-state index in [0.717, 1.165) is 5.56 Å². The minimum absolute atomic E-state index is 0.152. The average Bonchev–Trinajstić information content (AvgIpc) is 2.39. The molecule has 19 heavy (non-hydrogen) atoms. The summed E-state index contributed by atoms with van der Waals surface area (Å²) in [6.45, 7) is 1.02. The highest BCUT2D eigenvalue weighted by Gasteiger charge is 2.18. The van der Waals surface area contributed by atoms with E-state index >= 15 is 0 Å². The Morgan fingerprint density at radius 3 is 2.63 bits per heavy atom. The van der Waals surface area contributed by atoms with Crippen LogP contribution in [0, 0.1) is 0 Å². The summed E-state index contributed by atoms with van der Waals surface area (Å²) in [5.74, 6) is 0.860. The van der Waals surface area contributed by atoms with Crippen LogP contribution in [0.5, 0.6) is 5.75 Å². The van der Waals surface area contributed by atoms with Crippen LogP contribution in [0.25, 0.3) is 0 Å². The molecule has 0 heterocycles. The summed E-state index contributed by atoms with van der Waals surface area (Å²) in [6.07, 6.45) is 0.606. The molecule has 0 atom stereocenters. The Morgan fingerprint density at radius 1 is 1.32 bits per heavy atom. The van der Waals surface area contributed by atoms with Crippen molar-refractivity contribution >= 4 is 10.0 Å². The Bertz CT molecular complexity index is 488. The van der Waals surface area contributed by atoms with Gasteiger partial charge in [-0.25, -0.2) is 12.7 Å². The van der Waals surface area contributed by atoms with Gasteiger partial charge in [0.15, 0.2) is 0 Å². The van der Waals surface area contributed by atoms with Gasteiger partial charge in [0.1, 0.15) is 5.75 Å². The second-order valence-electron chi connectivity index (χ2n) is 4.34. The predicted molar refractivity (Wildman–Crippen MR) is 76.8 cm³/mol. The molecule has 0 aliphatic heterocycles. The van der Waals surface area contributed by atoms with E-state index < -0.39 is 10.0 Å². The van der Waals surface area contributed by atoms with Gasteiger partial charge in [-0.3, -0.25) is 0 Å². The molecule has 1 rings (SSSR count). The van der Waals surface area contributed by atoms with E-state index in [1.807, 2.05) is 31.3 Å². The largest absolute Gasteiger partial charge is 0.496 e. The van der Waals surface area contributed by atoms with Crippen LogP contribution in [0.3, 0.4) is 0 Å². The lowest BCUT2D eigenvalue weighted by Gasteiger charge is -2.18. The van der Waals surface area contributed by atoms with Gasteiger partial charge < -0.3 is 10.1 Å². The van der Waals surface area contributed by atoms with Crippen molar-refractivity contribution in [3.63, 3.8) is 0 Å². The highest BCUT2D eigenvalue weighted by molar-refractivity contribution is 7.89. The maximum Gasteiger partial charge on any atom is 0.214 e. The molecule has 108 valence electrons. The highest BCUT2D eigenvalue weighted by atomic mass is 32.2. The third-order valence-corrected chi connectivity index (χ3v) is 4.77. The first-order chi connectivity index (χ1) is 9.01. The van der Waals surface area contributed by atoms with Gasteiger partial charge in [-0.05, 0) is 26.1 Å². The summed E-state index contributed by atoms with van der Waals surface area (Å²) < 4.78 is 30.7. The van der Waals surface area contributed by atoms with Crippen LogP contribution in [0.1, 0.15) is 12.0 Å². The van der Waals surface area contributed by atoms with Crippen LogP contribution in [-0.4, -0.2) is 46.2 Å². The summed E-state index contributed by atoms with van der Waals surface area (Å²) >= 11 is 0. The molecule has 0 aromatic heterocycles. The lowest BCUT2D eigenvalue weighted by molar-refractivity contribution is 0.398. The first-order valence-electron chi connectivity index (χ1n) is 6.21. The minimum atomic E-state index is -3.22. The van der Waals surface area contributed by atoms with Gasteiger partial charge in [0.05, 0.1) is 12.9 Å². The van der Waals surface area contributed by atoms with Crippen molar-refractivity contribution < 1.29 is 13.2 Å². The van der Waals surface area contributed by atoms with Crippen LogP contribution < -0.4 is 10.1 Å². The zero-order valence-corrected chi connectivity index (χ0v) is 12.5. The molecule has 0 fully saturated rings. The molecule has 0 aliphatic rings. The van der Waals surface area contributed by atoms with Crippen molar-refractivity contribution in [1.82, 2.24) is 9.62 Å². The van der Waals surface area contributed by atoms with Gasteiger partial charge >= 0.3 is 0 Å². The van der Waals surface area contributed by atoms with Gasteiger partial charge in [0.2, 0.25) is 10.0 Å². The van der Waals surface area contributed by atoms with Crippen LogP contribution in [0.15, 0.2) is 24.3 Å². The van der Waals surface area contributed by atoms with Crippen molar-refractivity contribution in [2.45, 2.75) is 13.0 Å². The van der Waals surface area contributed by atoms with Crippen LogP contribution >= 0.6 is 0 Å². The Hall–Kier alpha value is -1.11. The normalized spacial score (nSPS) is 11.8. The average molecular weight is 286 g/mol. The lowest BCUT2D eigenvalue weighted by Crippen LogP contribution is -2.30. The number of rotatable bonds is 8. The van der Waals surface area contributed by atoms with Crippen molar-refractivity contribution in [2.24, 2.45) is 0 Å². The van der Waals surface area contributed by atoms with Gasteiger partial charge in [0.25, 0.3) is 0 Å². The minimum Gasteiger partial charge on any atom is -0.496 e. The Balaban J connectivity index is 2.70. The summed E-state index contributed by atoms with van der Waals surface area (Å²) in [7, 11) is 1.77. The van der Waals surface area contributed by atoms with Gasteiger partial charge in [-0.1, -0.05) is 18.2 Å². The van der Waals surface area contributed by atoms with Crippen molar-refractivity contribution in [3.05, 3.63) is 29.8 Å². The zero-order valence-electron chi connectivity index (χ0n) is 11.7. The van der Waals surface area contributed by atoms with E-state index in [9.17, 15) is 8.42 Å². The summed E-state index contributed by atoms with van der Waals surface area (Å²) in [6, 6.07) is 7.44. The summed E-state index contributed by atoms with van der Waals surface area (Å²) in [5, 5.41) is 2.94. The van der Waals surface area contributed by atoms with Crippen molar-refractivity contribution in [3.8, 4) is 5.75 Å². The predicted octanol–water partition coefficient (Wildman–Crippen LogP) is 1.07. The second-order valence-corrected chi connectivity index (χ2v) is 6.54. The number of ether oxygens (including phenoxy) is 1. The molecule has 6 heteroatoms. The maximum atomic E-state index is 12.1. The van der Waals surface area contributed by atoms with E-state index in [1.54, 1.807) is 14.2 Å². The molecule has 0 saturated heterocycles. The number of hydrogen-bond acceptors (Lipinski definition) is 4. The standard InChI is InChI=1S/C13H22N2O3S/c1-14-9-6-10-19(16,17)15(2)11-12-7-4-5-8-13(12)18-3/h4-5,7-8,14H,6,9-11H2,1-3H3. The molecule has 0 radical (unpaired) electrons. The fourth-order valence-corrected chi connectivity index (χ4v) is 2.92. The van der Waals surface area contributed by atoms with E-state index in [4.69, 9.17) is 4.74 Å². The van der Waals surface area contributed by atoms with E-state index in [2.05, 4.69) is 5.32 Å². The summed E-state index contributed by atoms with van der Waals surface area (Å²) in [4.78, 5) is 0. The van der Waals surface area contributed by atoms with Crippen LogP contribution in [0.4, 0.5) is 0 Å². The molecule has 0 aliphatic carbocycles.